The zero-order valence-electron chi connectivity index (χ0n) is 35.0. The molecule has 0 saturated carbocycles. The molecule has 3 unspecified atom stereocenters. The molecule has 3 atom stereocenters. The normalized spacial score (nSPS) is 14.9. The van der Waals surface area contributed by atoms with Gasteiger partial charge in [-0.05, 0) is 70.6 Å². The summed E-state index contributed by atoms with van der Waals surface area (Å²) < 4.78 is 23.1. The van der Waals surface area contributed by atoms with Gasteiger partial charge in [-0.2, -0.15) is 0 Å². The molecular weight excluding hydrogens is 683 g/mol. The predicted molar refractivity (Wildman–Crippen MR) is 224 cm³/mol. The maximum atomic E-state index is 12.8. The second kappa shape index (κ2) is 36.1. The first-order valence-corrected chi connectivity index (χ1v) is 23.0. The second-order valence-electron chi connectivity index (χ2n) is 15.7. The van der Waals surface area contributed by atoms with E-state index in [0.29, 0.717) is 17.4 Å². The Hall–Kier alpha value is -1.54. The molecule has 8 nitrogen and oxygen atoms in total. The summed E-state index contributed by atoms with van der Waals surface area (Å²) in [5.41, 5.74) is 0. The van der Waals surface area contributed by atoms with Crippen LogP contribution in [0.25, 0.3) is 0 Å². The van der Waals surface area contributed by atoms with Crippen LogP contribution in [0, 0.1) is 0 Å². The van der Waals surface area contributed by atoms with Gasteiger partial charge in [-0.1, -0.05) is 146 Å². The van der Waals surface area contributed by atoms with Crippen molar-refractivity contribution in [2.75, 3.05) is 40.9 Å². The van der Waals surface area contributed by atoms with E-state index in [9.17, 15) is 19.4 Å². The molecule has 0 radical (unpaired) electrons. The summed E-state index contributed by atoms with van der Waals surface area (Å²) in [6.45, 7) is 4.57. The zero-order chi connectivity index (χ0) is 39.3. The average Bonchev–Trinajstić information content (AvgIpc) is 3.10. The van der Waals surface area contributed by atoms with Crippen molar-refractivity contribution in [3.8, 4) is 0 Å². The van der Waals surface area contributed by atoms with Gasteiger partial charge < -0.3 is 28.8 Å². The Morgan fingerprint density at radius 1 is 0.642 bits per heavy atom. The van der Waals surface area contributed by atoms with Gasteiger partial charge in [-0.3, -0.25) is 9.36 Å². The van der Waals surface area contributed by atoms with E-state index in [1.54, 1.807) is 6.08 Å². The lowest BCUT2D eigenvalue weighted by Gasteiger charge is -2.29. The van der Waals surface area contributed by atoms with E-state index >= 15 is 0 Å². The molecule has 0 fully saturated rings. The van der Waals surface area contributed by atoms with E-state index in [4.69, 9.17) is 9.05 Å². The highest BCUT2D eigenvalue weighted by Gasteiger charge is 2.23. The number of nitrogens with zero attached hydrogens (tertiary/aromatic N) is 1. The van der Waals surface area contributed by atoms with Gasteiger partial charge in [0.15, 0.2) is 0 Å². The van der Waals surface area contributed by atoms with Gasteiger partial charge in [0.1, 0.15) is 13.2 Å². The van der Waals surface area contributed by atoms with Gasteiger partial charge in [-0.15, -0.1) is 0 Å². The third kappa shape index (κ3) is 38.5. The highest BCUT2D eigenvalue weighted by Crippen LogP contribution is 2.38. The molecule has 2 N–H and O–H groups in total. The Kier molecular flexibility index (Phi) is 35.1. The van der Waals surface area contributed by atoms with E-state index in [1.165, 1.54) is 89.9 Å². The highest BCUT2D eigenvalue weighted by molar-refractivity contribution is 7.45. The number of amides is 1. The molecule has 0 aliphatic carbocycles. The number of phosphoric ester groups is 1. The Bertz CT molecular complexity index is 1010. The lowest BCUT2D eigenvalue weighted by Crippen LogP contribution is -2.45. The topological polar surface area (TPSA) is 108 Å². The van der Waals surface area contributed by atoms with Gasteiger partial charge in [0.2, 0.25) is 5.91 Å². The monoisotopic (exact) mass is 767 g/mol. The lowest BCUT2D eigenvalue weighted by molar-refractivity contribution is -0.870. The molecule has 0 aliphatic rings. The van der Waals surface area contributed by atoms with E-state index in [-0.39, 0.29) is 12.5 Å². The van der Waals surface area contributed by atoms with E-state index in [0.717, 1.165) is 64.2 Å². The molecule has 0 spiro atoms. The number of quaternary nitrogens is 1. The molecule has 0 aromatic rings. The number of hydrogen-bond donors (Lipinski definition) is 2. The quantitative estimate of drug-likeness (QED) is 0.0280. The van der Waals surface area contributed by atoms with Crippen molar-refractivity contribution in [3.63, 3.8) is 0 Å². The highest BCUT2D eigenvalue weighted by atomic mass is 31.2. The van der Waals surface area contributed by atoms with Crippen molar-refractivity contribution >= 4 is 13.7 Å². The van der Waals surface area contributed by atoms with Gasteiger partial charge in [0.05, 0.1) is 39.9 Å². The minimum absolute atomic E-state index is 0.0117. The van der Waals surface area contributed by atoms with Crippen LogP contribution in [0.3, 0.4) is 0 Å². The number of likely N-dealkylation sites (N-methyl/N-ethyl adjacent to an activating group) is 1. The summed E-state index contributed by atoms with van der Waals surface area (Å²) in [5.74, 6) is -0.223. The summed E-state index contributed by atoms with van der Waals surface area (Å²) >= 11 is 0. The molecular formula is C44H83N2O6P. The van der Waals surface area contributed by atoms with Crippen LogP contribution in [-0.4, -0.2) is 68.5 Å². The van der Waals surface area contributed by atoms with Crippen molar-refractivity contribution in [2.24, 2.45) is 0 Å². The van der Waals surface area contributed by atoms with Crippen LogP contribution in [-0.2, 0) is 18.4 Å². The van der Waals surface area contributed by atoms with E-state index in [2.05, 4.69) is 55.6 Å². The number of aliphatic hydroxyl groups is 1. The molecule has 0 bridgehead atoms. The van der Waals surface area contributed by atoms with Gasteiger partial charge in [0, 0.05) is 6.42 Å². The summed E-state index contributed by atoms with van der Waals surface area (Å²) in [7, 11) is 1.22. The Morgan fingerprint density at radius 2 is 1.06 bits per heavy atom. The molecule has 53 heavy (non-hydrogen) atoms. The molecule has 0 saturated heterocycles. The third-order valence-electron chi connectivity index (χ3n) is 9.24. The largest absolute Gasteiger partial charge is 0.756 e. The molecule has 0 aliphatic heterocycles. The van der Waals surface area contributed by atoms with Crippen molar-refractivity contribution < 1.29 is 32.9 Å². The first kappa shape index (κ1) is 51.5. The smallest absolute Gasteiger partial charge is 0.268 e. The zero-order valence-corrected chi connectivity index (χ0v) is 35.8. The SMILES string of the molecule is CCCCCCC/C=C\CCCCCCCC(=O)NC(COP(=O)([O-])OCC[N+](C)(C)C)C(O)/C=C/CC/C=C/CC/C=C/CCCCCCCCC. The Morgan fingerprint density at radius 3 is 1.53 bits per heavy atom. The number of allylic oxidation sites excluding steroid dienone is 7. The van der Waals surface area contributed by atoms with E-state index < -0.39 is 26.6 Å². The number of aliphatic hydroxyl groups excluding tert-OH is 1. The molecule has 0 aromatic carbocycles. The van der Waals surface area contributed by atoms with Crippen LogP contribution in [0.1, 0.15) is 174 Å². The Labute approximate surface area is 327 Å². The third-order valence-corrected chi connectivity index (χ3v) is 10.2. The van der Waals surface area contributed by atoms with Crippen LogP contribution in [0.5, 0.6) is 0 Å². The fraction of sp³-hybridized carbons (Fsp3) is 0.795. The van der Waals surface area contributed by atoms with Crippen LogP contribution in [0.4, 0.5) is 0 Å². The number of phosphoric acid groups is 1. The van der Waals surface area contributed by atoms with Crippen LogP contribution in [0.15, 0.2) is 48.6 Å². The number of nitrogens with one attached hydrogen (secondary N) is 1. The van der Waals surface area contributed by atoms with Crippen molar-refractivity contribution in [2.45, 2.75) is 187 Å². The molecule has 0 heterocycles. The Balaban J connectivity index is 4.57. The summed E-state index contributed by atoms with van der Waals surface area (Å²) in [6.07, 6.45) is 44.4. The van der Waals surface area contributed by atoms with Gasteiger partial charge in [-0.25, -0.2) is 0 Å². The van der Waals surface area contributed by atoms with Gasteiger partial charge in [0.25, 0.3) is 7.82 Å². The summed E-state index contributed by atoms with van der Waals surface area (Å²) in [4.78, 5) is 25.2. The van der Waals surface area contributed by atoms with E-state index in [1.807, 2.05) is 27.2 Å². The summed E-state index contributed by atoms with van der Waals surface area (Å²) in [5, 5.41) is 13.7. The second-order valence-corrected chi connectivity index (χ2v) is 17.1. The van der Waals surface area contributed by atoms with Crippen molar-refractivity contribution in [1.82, 2.24) is 5.32 Å². The fourth-order valence-corrected chi connectivity index (χ4v) is 6.49. The number of carbonyl (C=O) groups is 1. The van der Waals surface area contributed by atoms with Crippen molar-refractivity contribution in [3.05, 3.63) is 48.6 Å². The predicted octanol–water partition coefficient (Wildman–Crippen LogP) is 11.1. The lowest BCUT2D eigenvalue weighted by atomic mass is 10.1. The molecule has 9 heteroatoms. The molecule has 310 valence electrons. The van der Waals surface area contributed by atoms with Gasteiger partial charge >= 0.3 is 0 Å². The maximum Gasteiger partial charge on any atom is 0.268 e. The standard InChI is InChI=1S/C44H83N2O6P/c1-6-8-10-12-14-16-18-20-22-23-24-25-27-29-31-33-35-37-43(47)42(41-52-53(49,50)51-40-39-46(3,4)5)45-44(48)38-36-34-32-30-28-26-21-19-17-15-13-11-9-7-2/h19,21-23,27,29,35,37,42-43,47H,6-18,20,24-26,28,30-34,36,38-41H2,1-5H3,(H-,45,48,49,50)/b21-19-,23-22+,29-27+,37-35+. The molecule has 0 rings (SSSR count). The number of hydrogen-bond acceptors (Lipinski definition) is 6. The summed E-state index contributed by atoms with van der Waals surface area (Å²) in [6, 6.07) is -0.912. The van der Waals surface area contributed by atoms with Crippen LogP contribution >= 0.6 is 7.82 Å². The number of carbonyl (C=O) groups excluding carboxylic acids is 1. The van der Waals surface area contributed by atoms with Crippen LogP contribution in [0.2, 0.25) is 0 Å². The fourth-order valence-electron chi connectivity index (χ4n) is 5.76. The maximum absolute atomic E-state index is 12.8. The molecule has 1 amide bonds. The molecule has 0 aromatic heterocycles. The number of rotatable bonds is 38. The average molecular weight is 767 g/mol. The first-order chi connectivity index (χ1) is 25.5. The first-order valence-electron chi connectivity index (χ1n) is 21.5. The number of unbranched alkanes of at least 4 members (excludes halogenated alkanes) is 19. The van der Waals surface area contributed by atoms with Crippen molar-refractivity contribution in [1.29, 1.82) is 0 Å². The van der Waals surface area contributed by atoms with Crippen LogP contribution < -0.4 is 10.2 Å². The minimum Gasteiger partial charge on any atom is -0.756 e. The minimum atomic E-state index is -4.60.